The minimum absolute atomic E-state index is 0.0999. The topological polar surface area (TPSA) is 46.3 Å². The zero-order chi connectivity index (χ0) is 11.5. The van der Waals surface area contributed by atoms with Gasteiger partial charge in [0.15, 0.2) is 0 Å². The molecule has 3 nitrogen and oxygen atoms in total. The van der Waals surface area contributed by atoms with E-state index in [2.05, 4.69) is 12.1 Å². The maximum absolute atomic E-state index is 11.4. The Morgan fingerprint density at radius 3 is 2.62 bits per heavy atom. The molecule has 0 radical (unpaired) electrons. The first-order chi connectivity index (χ1) is 7.66. The predicted octanol–water partition coefficient (Wildman–Crippen LogP) is 1.35. The van der Waals surface area contributed by atoms with Crippen LogP contribution >= 0.6 is 0 Å². The van der Waals surface area contributed by atoms with Crippen molar-refractivity contribution in [2.45, 2.75) is 25.3 Å². The van der Waals surface area contributed by atoms with Crippen molar-refractivity contribution in [3.63, 3.8) is 0 Å². The molecule has 86 valence electrons. The Bertz CT molecular complexity index is 363. The Morgan fingerprint density at radius 1 is 1.31 bits per heavy atom. The van der Waals surface area contributed by atoms with E-state index < -0.39 is 0 Å². The van der Waals surface area contributed by atoms with Crippen LogP contribution in [0.2, 0.25) is 0 Å². The molecule has 2 rings (SSSR count). The second kappa shape index (κ2) is 4.66. The first-order valence-electron chi connectivity index (χ1n) is 5.73. The van der Waals surface area contributed by atoms with Gasteiger partial charge in [0.1, 0.15) is 0 Å². The lowest BCUT2D eigenvalue weighted by atomic mass is 9.88. The SMILES string of the molecule is CC(=O)N1CC(N)CC(c2ccccc2)C1. The number of piperidine rings is 1. The normalized spacial score (nSPS) is 25.5. The van der Waals surface area contributed by atoms with Gasteiger partial charge in [-0.25, -0.2) is 0 Å². The van der Waals surface area contributed by atoms with Crippen molar-refractivity contribution in [2.75, 3.05) is 13.1 Å². The highest BCUT2D eigenvalue weighted by Gasteiger charge is 2.27. The summed E-state index contributed by atoms with van der Waals surface area (Å²) in [6, 6.07) is 10.4. The van der Waals surface area contributed by atoms with Crippen LogP contribution in [0.25, 0.3) is 0 Å². The molecular weight excluding hydrogens is 200 g/mol. The maximum atomic E-state index is 11.4. The lowest BCUT2D eigenvalue weighted by molar-refractivity contribution is -0.130. The standard InChI is InChI=1S/C13H18N2O/c1-10(16)15-8-12(7-13(14)9-15)11-5-3-2-4-6-11/h2-6,12-13H,7-9,14H2,1H3. The van der Waals surface area contributed by atoms with Gasteiger partial charge in [-0.15, -0.1) is 0 Å². The number of nitrogens with two attached hydrogens (primary N) is 1. The fourth-order valence-electron chi connectivity index (χ4n) is 2.36. The van der Waals surface area contributed by atoms with Crippen LogP contribution in [0, 0.1) is 0 Å². The van der Waals surface area contributed by atoms with Crippen LogP contribution in [0.5, 0.6) is 0 Å². The van der Waals surface area contributed by atoms with Crippen LogP contribution in [0.4, 0.5) is 0 Å². The van der Waals surface area contributed by atoms with Gasteiger partial charge in [0, 0.05) is 32.0 Å². The molecule has 0 bridgehead atoms. The fraction of sp³-hybridized carbons (Fsp3) is 0.462. The van der Waals surface area contributed by atoms with Crippen molar-refractivity contribution in [3.05, 3.63) is 35.9 Å². The minimum atomic E-state index is 0.0999. The smallest absolute Gasteiger partial charge is 0.219 e. The highest BCUT2D eigenvalue weighted by Crippen LogP contribution is 2.26. The molecule has 16 heavy (non-hydrogen) atoms. The van der Waals surface area contributed by atoms with Crippen LogP contribution < -0.4 is 5.73 Å². The molecule has 1 aromatic rings. The van der Waals surface area contributed by atoms with Gasteiger partial charge in [-0.3, -0.25) is 4.79 Å². The number of carbonyl (C=O) groups excluding carboxylic acids is 1. The molecule has 2 unspecified atom stereocenters. The molecule has 1 aliphatic heterocycles. The Labute approximate surface area is 96.2 Å². The third-order valence-corrected chi connectivity index (χ3v) is 3.20. The zero-order valence-electron chi connectivity index (χ0n) is 9.60. The molecule has 1 saturated heterocycles. The molecular formula is C13H18N2O. The van der Waals surface area contributed by atoms with Crippen molar-refractivity contribution in [2.24, 2.45) is 5.73 Å². The van der Waals surface area contributed by atoms with Gasteiger partial charge in [-0.05, 0) is 12.0 Å². The lowest BCUT2D eigenvalue weighted by Gasteiger charge is -2.36. The van der Waals surface area contributed by atoms with Gasteiger partial charge in [0.25, 0.3) is 0 Å². The summed E-state index contributed by atoms with van der Waals surface area (Å²) in [6.45, 7) is 3.10. The Balaban J connectivity index is 2.14. The predicted molar refractivity (Wildman–Crippen MR) is 64.0 cm³/mol. The van der Waals surface area contributed by atoms with E-state index in [1.807, 2.05) is 23.1 Å². The van der Waals surface area contributed by atoms with E-state index >= 15 is 0 Å². The highest BCUT2D eigenvalue weighted by atomic mass is 16.2. The van der Waals surface area contributed by atoms with Crippen molar-refractivity contribution in [1.82, 2.24) is 4.90 Å². The van der Waals surface area contributed by atoms with Crippen molar-refractivity contribution in [1.29, 1.82) is 0 Å². The second-order valence-corrected chi connectivity index (χ2v) is 4.53. The molecule has 1 aliphatic rings. The molecule has 2 N–H and O–H groups in total. The van der Waals surface area contributed by atoms with Gasteiger partial charge in [-0.2, -0.15) is 0 Å². The largest absolute Gasteiger partial charge is 0.341 e. The van der Waals surface area contributed by atoms with Crippen molar-refractivity contribution >= 4 is 5.91 Å². The quantitative estimate of drug-likeness (QED) is 0.773. The minimum Gasteiger partial charge on any atom is -0.341 e. The lowest BCUT2D eigenvalue weighted by Crippen LogP contribution is -2.47. The number of rotatable bonds is 1. The first kappa shape index (κ1) is 11.1. The van der Waals surface area contributed by atoms with Gasteiger partial charge in [0.2, 0.25) is 5.91 Å². The van der Waals surface area contributed by atoms with Crippen LogP contribution in [-0.2, 0) is 4.79 Å². The molecule has 2 atom stereocenters. The monoisotopic (exact) mass is 218 g/mol. The third-order valence-electron chi connectivity index (χ3n) is 3.20. The Kier molecular flexibility index (Phi) is 3.25. The summed E-state index contributed by atoms with van der Waals surface area (Å²) in [6.07, 6.45) is 0.966. The van der Waals surface area contributed by atoms with E-state index in [-0.39, 0.29) is 11.9 Å². The van der Waals surface area contributed by atoms with E-state index in [0.29, 0.717) is 12.5 Å². The molecule has 0 saturated carbocycles. The number of hydrogen-bond donors (Lipinski definition) is 1. The van der Waals surface area contributed by atoms with E-state index in [1.165, 1.54) is 5.56 Å². The van der Waals surface area contributed by atoms with Crippen LogP contribution in [0.15, 0.2) is 30.3 Å². The average Bonchev–Trinajstić information content (AvgIpc) is 2.29. The highest BCUT2D eigenvalue weighted by molar-refractivity contribution is 5.73. The van der Waals surface area contributed by atoms with Crippen LogP contribution in [-0.4, -0.2) is 29.9 Å². The molecule has 0 aliphatic carbocycles. The number of nitrogens with zero attached hydrogens (tertiary/aromatic N) is 1. The first-order valence-corrected chi connectivity index (χ1v) is 5.73. The van der Waals surface area contributed by atoms with E-state index in [0.717, 1.165) is 13.0 Å². The van der Waals surface area contributed by atoms with Gasteiger partial charge in [0.05, 0.1) is 0 Å². The number of carbonyl (C=O) groups is 1. The number of benzene rings is 1. The molecule has 1 fully saturated rings. The number of likely N-dealkylation sites (tertiary alicyclic amines) is 1. The van der Waals surface area contributed by atoms with Gasteiger partial charge >= 0.3 is 0 Å². The summed E-state index contributed by atoms with van der Waals surface area (Å²) < 4.78 is 0. The van der Waals surface area contributed by atoms with Gasteiger partial charge in [-0.1, -0.05) is 30.3 Å². The summed E-state index contributed by atoms with van der Waals surface area (Å²) in [5.74, 6) is 0.505. The van der Waals surface area contributed by atoms with E-state index in [4.69, 9.17) is 5.73 Å². The number of hydrogen-bond acceptors (Lipinski definition) is 2. The average molecular weight is 218 g/mol. The zero-order valence-corrected chi connectivity index (χ0v) is 9.60. The van der Waals surface area contributed by atoms with Gasteiger partial charge < -0.3 is 10.6 Å². The molecule has 1 amide bonds. The molecule has 0 spiro atoms. The maximum Gasteiger partial charge on any atom is 0.219 e. The molecule has 1 heterocycles. The Hall–Kier alpha value is -1.35. The molecule has 1 aromatic carbocycles. The molecule has 0 aromatic heterocycles. The Morgan fingerprint density at radius 2 is 2.00 bits per heavy atom. The van der Waals surface area contributed by atoms with Crippen molar-refractivity contribution in [3.8, 4) is 0 Å². The van der Waals surface area contributed by atoms with Crippen LogP contribution in [0.3, 0.4) is 0 Å². The summed E-state index contributed by atoms with van der Waals surface area (Å²) in [5, 5.41) is 0. The van der Waals surface area contributed by atoms with E-state index in [9.17, 15) is 4.79 Å². The third kappa shape index (κ3) is 2.42. The summed E-state index contributed by atoms with van der Waals surface area (Å²) in [5.41, 5.74) is 7.28. The van der Waals surface area contributed by atoms with Crippen LogP contribution in [0.1, 0.15) is 24.8 Å². The summed E-state index contributed by atoms with van der Waals surface area (Å²) >= 11 is 0. The second-order valence-electron chi connectivity index (χ2n) is 4.53. The van der Waals surface area contributed by atoms with Crippen molar-refractivity contribution < 1.29 is 4.79 Å². The fourth-order valence-corrected chi connectivity index (χ4v) is 2.36. The number of amides is 1. The summed E-state index contributed by atoms with van der Waals surface area (Å²) in [4.78, 5) is 13.2. The summed E-state index contributed by atoms with van der Waals surface area (Å²) in [7, 11) is 0. The van der Waals surface area contributed by atoms with E-state index in [1.54, 1.807) is 6.92 Å². The molecule has 3 heteroatoms.